The molecule has 0 saturated carbocycles. The third-order valence-electron chi connectivity index (χ3n) is 6.25. The molecule has 0 spiro atoms. The van der Waals surface area contributed by atoms with Crippen molar-refractivity contribution in [1.29, 1.82) is 0 Å². The highest BCUT2D eigenvalue weighted by Gasteiger charge is 2.61. The van der Waals surface area contributed by atoms with Gasteiger partial charge < -0.3 is 24.8 Å². The van der Waals surface area contributed by atoms with Crippen LogP contribution in [0.2, 0.25) is 18.1 Å². The molecular weight excluding hydrogens is 364 g/mol. The molecule has 0 radical (unpaired) electrons. The van der Waals surface area contributed by atoms with Gasteiger partial charge in [-0.05, 0) is 5.04 Å². The Hall–Kier alpha value is -1.09. The topological polar surface area (TPSA) is 96.2 Å². The maximum atomic E-state index is 12.6. The molecular formula is C20H32O6Si. The minimum atomic E-state index is -2.38. The maximum absolute atomic E-state index is 12.6. The summed E-state index contributed by atoms with van der Waals surface area (Å²) in [6.07, 6.45) is -3.58. The smallest absolute Gasteiger partial charge is 0.218 e. The molecule has 7 heteroatoms. The number of ketones is 1. The number of hydrogen-bond donors (Lipinski definition) is 3. The van der Waals surface area contributed by atoms with Gasteiger partial charge in [0.15, 0.2) is 5.78 Å². The van der Waals surface area contributed by atoms with Crippen LogP contribution in [0.3, 0.4) is 0 Å². The van der Waals surface area contributed by atoms with Gasteiger partial charge in [-0.25, -0.2) is 0 Å². The molecule has 3 N–H and O–H groups in total. The van der Waals surface area contributed by atoms with Crippen molar-refractivity contribution in [2.75, 3.05) is 7.11 Å². The van der Waals surface area contributed by atoms with Crippen molar-refractivity contribution in [3.05, 3.63) is 35.9 Å². The lowest BCUT2D eigenvalue weighted by Crippen LogP contribution is -2.65. The predicted octanol–water partition coefficient (Wildman–Crippen LogP) is 2.13. The zero-order valence-electron chi connectivity index (χ0n) is 17.0. The van der Waals surface area contributed by atoms with Gasteiger partial charge in [0.1, 0.15) is 17.9 Å². The van der Waals surface area contributed by atoms with Crippen LogP contribution in [-0.4, -0.2) is 66.1 Å². The van der Waals surface area contributed by atoms with E-state index in [0.717, 1.165) is 0 Å². The van der Waals surface area contributed by atoms with Crippen LogP contribution in [0.1, 0.15) is 37.6 Å². The zero-order valence-corrected chi connectivity index (χ0v) is 18.0. The number of benzene rings is 1. The van der Waals surface area contributed by atoms with E-state index in [2.05, 4.69) is 0 Å². The molecule has 1 aliphatic heterocycles. The lowest BCUT2D eigenvalue weighted by molar-refractivity contribution is -0.279. The van der Waals surface area contributed by atoms with Gasteiger partial charge in [0, 0.05) is 19.1 Å². The van der Waals surface area contributed by atoms with Crippen molar-refractivity contribution >= 4 is 13.9 Å². The average Bonchev–Trinajstić information content (AvgIpc) is 2.97. The summed E-state index contributed by atoms with van der Waals surface area (Å²) in [6.45, 7) is 10.1. The number of methoxy groups -OCH3 is 1. The Kier molecular flexibility index (Phi) is 6.36. The molecule has 6 nitrogen and oxygen atoms in total. The van der Waals surface area contributed by atoms with Crippen LogP contribution in [-0.2, 0) is 9.47 Å². The van der Waals surface area contributed by atoms with E-state index in [1.54, 1.807) is 30.3 Å². The molecule has 0 aromatic heterocycles. The summed E-state index contributed by atoms with van der Waals surface area (Å²) in [4.78, 5) is 12.6. The fraction of sp³-hybridized carbons (Fsp3) is 0.650. The molecule has 2 rings (SSSR count). The Morgan fingerprint density at radius 3 is 2.30 bits per heavy atom. The van der Waals surface area contributed by atoms with Crippen molar-refractivity contribution in [3.8, 4) is 0 Å². The molecule has 2 unspecified atom stereocenters. The van der Waals surface area contributed by atoms with Gasteiger partial charge in [0.2, 0.25) is 5.79 Å². The van der Waals surface area contributed by atoms with Crippen LogP contribution in [0.15, 0.2) is 30.3 Å². The highest BCUT2D eigenvalue weighted by Crippen LogP contribution is 2.46. The predicted molar refractivity (Wildman–Crippen MR) is 105 cm³/mol. The molecule has 1 fully saturated rings. The third kappa shape index (κ3) is 3.90. The Morgan fingerprint density at radius 1 is 1.26 bits per heavy atom. The Balaban J connectivity index is 2.28. The maximum Gasteiger partial charge on any atom is 0.218 e. The van der Waals surface area contributed by atoms with Crippen LogP contribution < -0.4 is 0 Å². The molecule has 1 aliphatic rings. The first-order valence-corrected chi connectivity index (χ1v) is 12.3. The highest BCUT2D eigenvalue weighted by atomic mass is 28.3. The minimum absolute atomic E-state index is 0.000731. The van der Waals surface area contributed by atoms with Crippen LogP contribution in [0.5, 0.6) is 0 Å². The van der Waals surface area contributed by atoms with E-state index in [-0.39, 0.29) is 11.5 Å². The normalized spacial score (nSPS) is 28.8. The summed E-state index contributed by atoms with van der Waals surface area (Å²) in [6, 6.07) is 8.44. The van der Waals surface area contributed by atoms with E-state index in [9.17, 15) is 20.1 Å². The molecule has 0 amide bonds. The summed E-state index contributed by atoms with van der Waals surface area (Å²) >= 11 is 0. The number of carbonyl (C=O) groups excluding carboxylic acids is 1. The number of Topliss-reactive ketones (excluding diaryl/α,β-unsaturated/α-hetero) is 1. The van der Waals surface area contributed by atoms with E-state index in [4.69, 9.17) is 9.47 Å². The number of aliphatic hydroxyl groups excluding tert-OH is 3. The van der Waals surface area contributed by atoms with Crippen LogP contribution >= 0.6 is 0 Å². The highest BCUT2D eigenvalue weighted by molar-refractivity contribution is 6.81. The standard InChI is InChI=1S/C20H32O6Si/c1-19(2,3)27(5,6)18(24)20(25-4)15(21)12-14(26-20)17(23)16(22)13-10-8-7-9-11-13/h7-11,14-15,17-18,21,23-24H,12H2,1-6H3/t14-,15-,17?,18?,20+/m0/s1. The largest absolute Gasteiger partial charge is 0.391 e. The molecule has 0 bridgehead atoms. The molecule has 152 valence electrons. The van der Waals surface area contributed by atoms with Gasteiger partial charge in [0.25, 0.3) is 0 Å². The Morgan fingerprint density at radius 2 is 1.81 bits per heavy atom. The van der Waals surface area contributed by atoms with Crippen LogP contribution in [0.4, 0.5) is 0 Å². The minimum Gasteiger partial charge on any atom is -0.391 e. The van der Waals surface area contributed by atoms with E-state index < -0.39 is 43.7 Å². The summed E-state index contributed by atoms with van der Waals surface area (Å²) in [7, 11) is -1.02. The van der Waals surface area contributed by atoms with Gasteiger partial charge >= 0.3 is 0 Å². The second-order valence-corrected chi connectivity index (χ2v) is 14.4. The van der Waals surface area contributed by atoms with Crippen molar-refractivity contribution in [2.45, 2.75) is 75.2 Å². The summed E-state index contributed by atoms with van der Waals surface area (Å²) in [5, 5.41) is 32.2. The fourth-order valence-electron chi connectivity index (χ4n) is 3.34. The van der Waals surface area contributed by atoms with E-state index in [1.165, 1.54) is 7.11 Å². The van der Waals surface area contributed by atoms with Gasteiger partial charge in [-0.2, -0.15) is 0 Å². The van der Waals surface area contributed by atoms with Crippen molar-refractivity contribution in [3.63, 3.8) is 0 Å². The van der Waals surface area contributed by atoms with Crippen molar-refractivity contribution in [1.82, 2.24) is 0 Å². The Labute approximate surface area is 162 Å². The number of aliphatic hydroxyl groups is 3. The van der Waals surface area contributed by atoms with E-state index >= 15 is 0 Å². The first-order valence-electron chi connectivity index (χ1n) is 9.25. The molecule has 1 heterocycles. The van der Waals surface area contributed by atoms with Crippen molar-refractivity contribution in [2.24, 2.45) is 0 Å². The first-order chi connectivity index (χ1) is 12.4. The fourth-order valence-corrected chi connectivity index (χ4v) is 5.54. The molecule has 1 saturated heterocycles. The molecule has 1 aromatic carbocycles. The van der Waals surface area contributed by atoms with E-state index in [0.29, 0.717) is 5.56 Å². The molecule has 1 aromatic rings. The van der Waals surface area contributed by atoms with E-state index in [1.807, 2.05) is 33.9 Å². The van der Waals surface area contributed by atoms with Crippen molar-refractivity contribution < 1.29 is 29.6 Å². The van der Waals surface area contributed by atoms with Gasteiger partial charge in [-0.15, -0.1) is 0 Å². The third-order valence-corrected chi connectivity index (χ3v) is 11.9. The van der Waals surface area contributed by atoms with Gasteiger partial charge in [0.05, 0.1) is 14.2 Å². The second-order valence-electron chi connectivity index (χ2n) is 8.88. The zero-order chi connectivity index (χ0) is 20.6. The Bertz CT molecular complexity index is 656. The molecule has 0 aliphatic carbocycles. The second kappa shape index (κ2) is 7.73. The number of rotatable bonds is 6. The lowest BCUT2D eigenvalue weighted by Gasteiger charge is -2.48. The average molecular weight is 397 g/mol. The van der Waals surface area contributed by atoms with Crippen LogP contribution in [0, 0.1) is 0 Å². The first kappa shape index (κ1) is 22.2. The number of hydrogen-bond acceptors (Lipinski definition) is 6. The summed E-state index contributed by atoms with van der Waals surface area (Å²) in [5.74, 6) is -2.15. The molecule has 27 heavy (non-hydrogen) atoms. The van der Waals surface area contributed by atoms with Crippen LogP contribution in [0.25, 0.3) is 0 Å². The van der Waals surface area contributed by atoms with Gasteiger partial charge in [-0.1, -0.05) is 64.2 Å². The summed E-state index contributed by atoms with van der Waals surface area (Å²) < 4.78 is 11.4. The summed E-state index contributed by atoms with van der Waals surface area (Å²) in [5.41, 5.74) is -0.683. The monoisotopic (exact) mass is 396 g/mol. The molecule has 5 atom stereocenters. The SMILES string of the molecule is CO[C@@]1(C(O)[Si](C)(C)C(C)(C)C)O[C@H](C(O)C(=O)c2ccccc2)C[C@@H]1O. The number of ether oxygens (including phenoxy) is 2. The van der Waals surface area contributed by atoms with Gasteiger partial charge in [-0.3, -0.25) is 4.79 Å². The lowest BCUT2D eigenvalue weighted by atomic mass is 9.99. The quantitative estimate of drug-likeness (QED) is 0.504. The number of carbonyl (C=O) groups is 1.